The van der Waals surface area contributed by atoms with E-state index >= 15 is 0 Å². The van der Waals surface area contributed by atoms with Crippen LogP contribution in [0.4, 0.5) is 8.78 Å². The first-order valence-electron chi connectivity index (χ1n) is 5.31. The maximum absolute atomic E-state index is 12.5. The summed E-state index contributed by atoms with van der Waals surface area (Å²) in [5.41, 5.74) is -0.108. The Hall–Kier alpha value is -0.220. The van der Waals surface area contributed by atoms with Gasteiger partial charge < -0.3 is 10.2 Å². The van der Waals surface area contributed by atoms with Gasteiger partial charge in [-0.2, -0.15) is 0 Å². The second kappa shape index (κ2) is 4.53. The molecule has 0 aromatic carbocycles. The molecule has 0 aliphatic carbocycles. The minimum atomic E-state index is -2.16. The van der Waals surface area contributed by atoms with Crippen LogP contribution in [0.2, 0.25) is 0 Å². The van der Waals surface area contributed by atoms with Crippen LogP contribution in [0.25, 0.3) is 0 Å². The van der Waals surface area contributed by atoms with Gasteiger partial charge in [0.1, 0.15) is 0 Å². The van der Waals surface area contributed by atoms with Gasteiger partial charge in [-0.3, -0.25) is 0 Å². The molecule has 4 heteroatoms. The number of halogens is 2. The summed E-state index contributed by atoms with van der Waals surface area (Å²) in [5.74, 6) is -0.423. The molecule has 2 heterocycles. The SMILES string of the molecule is CC.CN1CC2(CNCC2C(F)F)C1. The summed E-state index contributed by atoms with van der Waals surface area (Å²) >= 11 is 0. The smallest absolute Gasteiger partial charge is 0.243 e. The van der Waals surface area contributed by atoms with Crippen molar-refractivity contribution in [2.24, 2.45) is 11.3 Å². The predicted octanol–water partition coefficient (Wildman–Crippen LogP) is 1.43. The van der Waals surface area contributed by atoms with Crippen LogP contribution in [0.3, 0.4) is 0 Å². The third-order valence-electron chi connectivity index (χ3n) is 3.10. The molecule has 0 saturated carbocycles. The first kappa shape index (κ1) is 11.9. The molecule has 14 heavy (non-hydrogen) atoms. The minimum absolute atomic E-state index is 0.108. The van der Waals surface area contributed by atoms with E-state index in [-0.39, 0.29) is 5.41 Å². The van der Waals surface area contributed by atoms with E-state index in [1.165, 1.54) is 0 Å². The topological polar surface area (TPSA) is 15.3 Å². The summed E-state index contributed by atoms with van der Waals surface area (Å²) in [6.07, 6.45) is -2.16. The molecule has 0 aromatic rings. The highest BCUT2D eigenvalue weighted by Gasteiger charge is 2.53. The van der Waals surface area contributed by atoms with Crippen molar-refractivity contribution in [2.75, 3.05) is 33.2 Å². The number of hydrogen-bond acceptors (Lipinski definition) is 2. The van der Waals surface area contributed by atoms with Crippen LogP contribution in [0.15, 0.2) is 0 Å². The second-order valence-corrected chi connectivity index (χ2v) is 4.11. The molecule has 2 saturated heterocycles. The standard InChI is InChI=1S/C8H14F2N2.C2H6/c1-12-4-8(5-12)3-11-2-6(8)7(9)10;1-2/h6-7,11H,2-5H2,1H3;1-2H3. The summed E-state index contributed by atoms with van der Waals surface area (Å²) in [4.78, 5) is 2.10. The fourth-order valence-corrected chi connectivity index (χ4v) is 2.56. The van der Waals surface area contributed by atoms with E-state index in [9.17, 15) is 8.78 Å². The van der Waals surface area contributed by atoms with Crippen molar-refractivity contribution < 1.29 is 8.78 Å². The molecule has 0 bridgehead atoms. The van der Waals surface area contributed by atoms with Crippen molar-refractivity contribution in [1.29, 1.82) is 0 Å². The van der Waals surface area contributed by atoms with Crippen LogP contribution in [0.5, 0.6) is 0 Å². The van der Waals surface area contributed by atoms with E-state index in [1.54, 1.807) is 0 Å². The van der Waals surface area contributed by atoms with Crippen molar-refractivity contribution in [1.82, 2.24) is 10.2 Å². The highest BCUT2D eigenvalue weighted by atomic mass is 19.3. The van der Waals surface area contributed by atoms with E-state index in [2.05, 4.69) is 10.2 Å². The molecular formula is C10H20F2N2. The average molecular weight is 206 g/mol. The molecule has 0 radical (unpaired) electrons. The molecule has 2 fully saturated rings. The number of nitrogens with one attached hydrogen (secondary N) is 1. The van der Waals surface area contributed by atoms with Gasteiger partial charge in [0.2, 0.25) is 6.43 Å². The van der Waals surface area contributed by atoms with E-state index in [0.29, 0.717) is 6.54 Å². The van der Waals surface area contributed by atoms with E-state index < -0.39 is 12.3 Å². The normalized spacial score (nSPS) is 30.0. The Balaban J connectivity index is 0.000000461. The van der Waals surface area contributed by atoms with Crippen LogP contribution in [0.1, 0.15) is 13.8 Å². The number of rotatable bonds is 1. The molecule has 2 nitrogen and oxygen atoms in total. The van der Waals surface area contributed by atoms with Crippen molar-refractivity contribution >= 4 is 0 Å². The van der Waals surface area contributed by atoms with Gasteiger partial charge in [0.25, 0.3) is 0 Å². The molecule has 1 unspecified atom stereocenters. The Morgan fingerprint density at radius 2 is 1.93 bits per heavy atom. The second-order valence-electron chi connectivity index (χ2n) is 4.11. The van der Waals surface area contributed by atoms with Gasteiger partial charge in [-0.05, 0) is 7.05 Å². The van der Waals surface area contributed by atoms with Gasteiger partial charge >= 0.3 is 0 Å². The first-order valence-corrected chi connectivity index (χ1v) is 5.31. The molecule has 1 atom stereocenters. The molecule has 1 spiro atoms. The van der Waals surface area contributed by atoms with Crippen molar-refractivity contribution in [3.05, 3.63) is 0 Å². The Bertz CT molecular complexity index is 179. The van der Waals surface area contributed by atoms with Gasteiger partial charge in [0.15, 0.2) is 0 Å². The fourth-order valence-electron chi connectivity index (χ4n) is 2.56. The monoisotopic (exact) mass is 206 g/mol. The zero-order valence-corrected chi connectivity index (χ0v) is 9.19. The Morgan fingerprint density at radius 3 is 2.36 bits per heavy atom. The zero-order valence-electron chi connectivity index (χ0n) is 9.19. The maximum atomic E-state index is 12.5. The fraction of sp³-hybridized carbons (Fsp3) is 1.00. The predicted molar refractivity (Wildman–Crippen MR) is 53.6 cm³/mol. The lowest BCUT2D eigenvalue weighted by molar-refractivity contribution is -0.0604. The first-order chi connectivity index (χ1) is 6.64. The third-order valence-corrected chi connectivity index (χ3v) is 3.10. The molecule has 0 aromatic heterocycles. The molecule has 2 aliphatic rings. The van der Waals surface area contributed by atoms with Crippen LogP contribution < -0.4 is 5.32 Å². The summed E-state index contributed by atoms with van der Waals surface area (Å²) in [5, 5.41) is 3.06. The lowest BCUT2D eigenvalue weighted by Crippen LogP contribution is -2.59. The molecule has 1 N–H and O–H groups in total. The quantitative estimate of drug-likeness (QED) is 0.698. The van der Waals surface area contributed by atoms with Gasteiger partial charge in [-0.15, -0.1) is 0 Å². The molecular weight excluding hydrogens is 186 g/mol. The summed E-state index contributed by atoms with van der Waals surface area (Å²) in [7, 11) is 1.98. The van der Waals surface area contributed by atoms with Gasteiger partial charge in [-0.1, -0.05) is 13.8 Å². The van der Waals surface area contributed by atoms with Crippen LogP contribution in [-0.2, 0) is 0 Å². The number of hydrogen-bond donors (Lipinski definition) is 1. The molecule has 2 aliphatic heterocycles. The van der Waals surface area contributed by atoms with E-state index in [1.807, 2.05) is 20.9 Å². The lowest BCUT2D eigenvalue weighted by Gasteiger charge is -2.49. The van der Waals surface area contributed by atoms with Gasteiger partial charge in [0.05, 0.1) is 0 Å². The largest absolute Gasteiger partial charge is 0.316 e. The van der Waals surface area contributed by atoms with E-state index in [0.717, 1.165) is 19.6 Å². The molecule has 0 amide bonds. The highest BCUT2D eigenvalue weighted by Crippen LogP contribution is 2.42. The summed E-state index contributed by atoms with van der Waals surface area (Å²) in [6.45, 7) is 6.92. The number of nitrogens with zero attached hydrogens (tertiary/aromatic N) is 1. The average Bonchev–Trinajstić information content (AvgIpc) is 2.52. The van der Waals surface area contributed by atoms with Crippen LogP contribution >= 0.6 is 0 Å². The third kappa shape index (κ3) is 1.91. The number of alkyl halides is 2. The highest BCUT2D eigenvalue weighted by molar-refractivity contribution is 5.04. The Morgan fingerprint density at radius 1 is 1.36 bits per heavy atom. The van der Waals surface area contributed by atoms with Crippen molar-refractivity contribution in [3.63, 3.8) is 0 Å². The minimum Gasteiger partial charge on any atom is -0.316 e. The van der Waals surface area contributed by atoms with Crippen LogP contribution in [-0.4, -0.2) is 44.6 Å². The Kier molecular flexibility index (Phi) is 3.84. The van der Waals surface area contributed by atoms with Gasteiger partial charge in [-0.25, -0.2) is 8.78 Å². The Labute approximate surface area is 84.7 Å². The molecule has 84 valence electrons. The molecule has 2 rings (SSSR count). The van der Waals surface area contributed by atoms with Crippen molar-refractivity contribution in [3.8, 4) is 0 Å². The van der Waals surface area contributed by atoms with E-state index in [4.69, 9.17) is 0 Å². The number of likely N-dealkylation sites (tertiary alicyclic amines) is 1. The zero-order chi connectivity index (χ0) is 10.8. The summed E-state index contributed by atoms with van der Waals surface area (Å²) < 4.78 is 25.0. The van der Waals surface area contributed by atoms with Crippen molar-refractivity contribution in [2.45, 2.75) is 20.3 Å². The maximum Gasteiger partial charge on any atom is 0.243 e. The van der Waals surface area contributed by atoms with Gasteiger partial charge in [0, 0.05) is 37.5 Å². The lowest BCUT2D eigenvalue weighted by atomic mass is 9.72. The van der Waals surface area contributed by atoms with Crippen LogP contribution in [0, 0.1) is 11.3 Å². The summed E-state index contributed by atoms with van der Waals surface area (Å²) in [6, 6.07) is 0.